The van der Waals surface area contributed by atoms with E-state index in [0.717, 1.165) is 29.5 Å². The molecule has 0 heterocycles. The second-order valence-corrected chi connectivity index (χ2v) is 8.07. The van der Waals surface area contributed by atoms with Crippen molar-refractivity contribution in [1.82, 2.24) is 0 Å². The average Bonchev–Trinajstić information content (AvgIpc) is 2.58. The zero-order valence-corrected chi connectivity index (χ0v) is 16.2. The molecule has 0 bridgehead atoms. The molecule has 2 aromatic rings. The Kier molecular flexibility index (Phi) is 6.54. The normalized spacial score (nSPS) is 11.3. The van der Waals surface area contributed by atoms with Gasteiger partial charge in [0.2, 0.25) is 15.9 Å². The monoisotopic (exact) mass is 396 g/mol. The van der Waals surface area contributed by atoms with E-state index in [1.807, 2.05) is 19.1 Å². The summed E-state index contributed by atoms with van der Waals surface area (Å²) in [5.74, 6) is -2.47. The van der Waals surface area contributed by atoms with E-state index in [1.165, 1.54) is 10.4 Å². The fraction of sp³-hybridized carbons (Fsp3) is 0.316. The number of rotatable bonds is 7. The molecule has 0 saturated carbocycles. The minimum atomic E-state index is -3.65. The number of anilines is 2. The first kappa shape index (κ1) is 20.8. The number of hydrogen-bond acceptors (Lipinski definition) is 3. The molecule has 0 atom stereocenters. The van der Waals surface area contributed by atoms with Crippen molar-refractivity contribution >= 4 is 27.3 Å². The van der Waals surface area contributed by atoms with Crippen LogP contribution in [-0.2, 0) is 21.2 Å². The molecule has 27 heavy (non-hydrogen) atoms. The molecule has 0 fully saturated rings. The molecule has 0 saturated heterocycles. The standard InChI is InChI=1S/C19H22F2N2O3S/c1-4-14-8-5-7-13(2)19(14)23(27(3,25)26)12-11-17(24)22-18-15(20)9-6-10-16(18)21/h5-10H,4,11-12H2,1-3H3,(H,22,24). The number of nitrogens with zero attached hydrogens (tertiary/aromatic N) is 1. The predicted octanol–water partition coefficient (Wildman–Crippen LogP) is 3.63. The van der Waals surface area contributed by atoms with E-state index in [-0.39, 0.29) is 13.0 Å². The van der Waals surface area contributed by atoms with Crippen LogP contribution in [0.4, 0.5) is 20.2 Å². The number of hydrogen-bond donors (Lipinski definition) is 1. The van der Waals surface area contributed by atoms with E-state index in [0.29, 0.717) is 12.1 Å². The highest BCUT2D eigenvalue weighted by Gasteiger charge is 2.23. The van der Waals surface area contributed by atoms with Crippen molar-refractivity contribution in [3.63, 3.8) is 0 Å². The van der Waals surface area contributed by atoms with Gasteiger partial charge in [0.25, 0.3) is 0 Å². The van der Waals surface area contributed by atoms with Gasteiger partial charge in [-0.25, -0.2) is 17.2 Å². The van der Waals surface area contributed by atoms with Crippen molar-refractivity contribution < 1.29 is 22.0 Å². The van der Waals surface area contributed by atoms with Gasteiger partial charge in [-0.3, -0.25) is 9.10 Å². The molecule has 2 rings (SSSR count). The quantitative estimate of drug-likeness (QED) is 0.777. The van der Waals surface area contributed by atoms with Crippen molar-refractivity contribution in [2.75, 3.05) is 22.4 Å². The van der Waals surface area contributed by atoms with Gasteiger partial charge in [-0.2, -0.15) is 0 Å². The van der Waals surface area contributed by atoms with Crippen molar-refractivity contribution in [2.24, 2.45) is 0 Å². The summed E-state index contributed by atoms with van der Waals surface area (Å²) in [6, 6.07) is 8.71. The van der Waals surface area contributed by atoms with E-state index in [9.17, 15) is 22.0 Å². The SMILES string of the molecule is CCc1cccc(C)c1N(CCC(=O)Nc1c(F)cccc1F)S(C)(=O)=O. The minimum absolute atomic E-state index is 0.140. The van der Waals surface area contributed by atoms with Gasteiger partial charge in [0.05, 0.1) is 11.9 Å². The van der Waals surface area contributed by atoms with E-state index in [1.54, 1.807) is 13.0 Å². The number of benzene rings is 2. The molecular weight excluding hydrogens is 374 g/mol. The van der Waals surface area contributed by atoms with Crippen molar-refractivity contribution in [3.8, 4) is 0 Å². The molecule has 0 spiro atoms. The molecule has 0 aliphatic heterocycles. The van der Waals surface area contributed by atoms with Gasteiger partial charge in [-0.05, 0) is 36.6 Å². The lowest BCUT2D eigenvalue weighted by Crippen LogP contribution is -2.34. The van der Waals surface area contributed by atoms with Gasteiger partial charge in [0.1, 0.15) is 17.3 Å². The zero-order chi connectivity index (χ0) is 20.2. The van der Waals surface area contributed by atoms with Crippen molar-refractivity contribution in [1.29, 1.82) is 0 Å². The average molecular weight is 396 g/mol. The van der Waals surface area contributed by atoms with E-state index in [4.69, 9.17) is 0 Å². The minimum Gasteiger partial charge on any atom is -0.321 e. The first-order chi connectivity index (χ1) is 12.6. The number of nitrogens with one attached hydrogen (secondary N) is 1. The van der Waals surface area contributed by atoms with Gasteiger partial charge in [0.15, 0.2) is 0 Å². The Morgan fingerprint density at radius 1 is 1.11 bits per heavy atom. The number of halogens is 2. The number of para-hydroxylation sites is 2. The van der Waals surface area contributed by atoms with E-state index >= 15 is 0 Å². The predicted molar refractivity (Wildman–Crippen MR) is 102 cm³/mol. The zero-order valence-electron chi connectivity index (χ0n) is 15.4. The molecule has 2 aromatic carbocycles. The largest absolute Gasteiger partial charge is 0.321 e. The summed E-state index contributed by atoms with van der Waals surface area (Å²) in [5.41, 5.74) is 1.59. The Morgan fingerprint density at radius 3 is 2.26 bits per heavy atom. The molecule has 0 aromatic heterocycles. The Labute approximate surface area is 158 Å². The molecule has 146 valence electrons. The molecule has 5 nitrogen and oxygen atoms in total. The third kappa shape index (κ3) is 5.03. The Hall–Kier alpha value is -2.48. The lowest BCUT2D eigenvalue weighted by atomic mass is 10.1. The van der Waals surface area contributed by atoms with Crippen LogP contribution in [0.5, 0.6) is 0 Å². The van der Waals surface area contributed by atoms with Crippen LogP contribution < -0.4 is 9.62 Å². The molecule has 1 N–H and O–H groups in total. The maximum Gasteiger partial charge on any atom is 0.232 e. The van der Waals surface area contributed by atoms with Crippen LogP contribution in [0.15, 0.2) is 36.4 Å². The number of amides is 1. The van der Waals surface area contributed by atoms with Crippen LogP contribution in [0.1, 0.15) is 24.5 Å². The fourth-order valence-electron chi connectivity index (χ4n) is 2.83. The molecule has 0 aliphatic rings. The number of carbonyl (C=O) groups excluding carboxylic acids is 1. The van der Waals surface area contributed by atoms with Crippen molar-refractivity contribution in [3.05, 3.63) is 59.2 Å². The first-order valence-electron chi connectivity index (χ1n) is 8.45. The van der Waals surface area contributed by atoms with Crippen molar-refractivity contribution in [2.45, 2.75) is 26.7 Å². The fourth-order valence-corrected chi connectivity index (χ4v) is 3.84. The van der Waals surface area contributed by atoms with Gasteiger partial charge >= 0.3 is 0 Å². The van der Waals surface area contributed by atoms with Gasteiger partial charge in [0, 0.05) is 13.0 Å². The van der Waals surface area contributed by atoms with Crippen LogP contribution in [0.2, 0.25) is 0 Å². The first-order valence-corrected chi connectivity index (χ1v) is 10.3. The Balaban J connectivity index is 2.23. The molecule has 8 heteroatoms. The summed E-state index contributed by atoms with van der Waals surface area (Å²) >= 11 is 0. The highest BCUT2D eigenvalue weighted by Crippen LogP contribution is 2.28. The summed E-state index contributed by atoms with van der Waals surface area (Å²) in [7, 11) is -3.65. The van der Waals surface area contributed by atoms with Gasteiger partial charge in [-0.1, -0.05) is 31.2 Å². The number of sulfonamides is 1. The lowest BCUT2D eigenvalue weighted by molar-refractivity contribution is -0.116. The summed E-state index contributed by atoms with van der Waals surface area (Å²) < 4.78 is 53.1. The maximum atomic E-state index is 13.7. The summed E-state index contributed by atoms with van der Waals surface area (Å²) in [6.45, 7) is 3.56. The van der Waals surface area contributed by atoms with Crippen LogP contribution in [0.25, 0.3) is 0 Å². The van der Waals surface area contributed by atoms with Crippen LogP contribution in [-0.4, -0.2) is 27.1 Å². The summed E-state index contributed by atoms with van der Waals surface area (Å²) in [6.07, 6.45) is 1.43. The Morgan fingerprint density at radius 2 is 1.70 bits per heavy atom. The van der Waals surface area contributed by atoms with Crippen LogP contribution in [0.3, 0.4) is 0 Å². The van der Waals surface area contributed by atoms with Crippen LogP contribution >= 0.6 is 0 Å². The van der Waals surface area contributed by atoms with Crippen LogP contribution in [0, 0.1) is 18.6 Å². The second kappa shape index (κ2) is 8.47. The lowest BCUT2D eigenvalue weighted by Gasteiger charge is -2.26. The molecular formula is C19H22F2N2O3S. The van der Waals surface area contributed by atoms with Gasteiger partial charge in [-0.15, -0.1) is 0 Å². The highest BCUT2D eigenvalue weighted by atomic mass is 32.2. The number of carbonyl (C=O) groups is 1. The molecule has 0 radical (unpaired) electrons. The smallest absolute Gasteiger partial charge is 0.232 e. The topological polar surface area (TPSA) is 66.5 Å². The van der Waals surface area contributed by atoms with Gasteiger partial charge < -0.3 is 5.32 Å². The van der Waals surface area contributed by atoms with E-state index in [2.05, 4.69) is 5.32 Å². The second-order valence-electron chi connectivity index (χ2n) is 6.17. The Bertz CT molecular complexity index is 926. The summed E-state index contributed by atoms with van der Waals surface area (Å²) in [4.78, 5) is 12.2. The highest BCUT2D eigenvalue weighted by molar-refractivity contribution is 7.92. The third-order valence-electron chi connectivity index (χ3n) is 4.12. The maximum absolute atomic E-state index is 13.7. The van der Waals surface area contributed by atoms with E-state index < -0.39 is 33.3 Å². The number of aryl methyl sites for hydroxylation is 2. The molecule has 0 unspecified atom stereocenters. The third-order valence-corrected chi connectivity index (χ3v) is 5.29. The molecule has 0 aliphatic carbocycles. The summed E-state index contributed by atoms with van der Waals surface area (Å²) in [5, 5.41) is 2.17. The molecule has 1 amide bonds.